The molecule has 26 heavy (non-hydrogen) atoms. The molecule has 2 rings (SSSR count). The number of methoxy groups -OCH3 is 1. The first-order valence-corrected chi connectivity index (χ1v) is 7.43. The average Bonchev–Trinajstić information content (AvgIpc) is 2.59. The molecule has 9 heteroatoms. The van der Waals surface area contributed by atoms with Gasteiger partial charge >= 0.3 is 6.18 Å². The van der Waals surface area contributed by atoms with Crippen LogP contribution < -0.4 is 4.74 Å². The lowest BCUT2D eigenvalue weighted by Crippen LogP contribution is -2.38. The lowest BCUT2D eigenvalue weighted by atomic mass is 10.1. The zero-order valence-corrected chi connectivity index (χ0v) is 13.7. The van der Waals surface area contributed by atoms with Gasteiger partial charge in [0.1, 0.15) is 12.3 Å². The Morgan fingerprint density at radius 1 is 1.19 bits per heavy atom. The fraction of sp³-hybridized carbons (Fsp3) is 0.235. The van der Waals surface area contributed by atoms with Gasteiger partial charge in [-0.15, -0.1) is 0 Å². The summed E-state index contributed by atoms with van der Waals surface area (Å²) in [5, 5.41) is 11.1. The average molecular weight is 368 g/mol. The summed E-state index contributed by atoms with van der Waals surface area (Å²) in [6, 6.07) is 11.1. The third-order valence-corrected chi connectivity index (χ3v) is 3.52. The molecule has 0 atom stereocenters. The van der Waals surface area contributed by atoms with Crippen molar-refractivity contribution in [2.75, 3.05) is 13.7 Å². The van der Waals surface area contributed by atoms with Crippen molar-refractivity contribution in [1.82, 2.24) is 4.90 Å². The van der Waals surface area contributed by atoms with Crippen LogP contribution in [-0.2, 0) is 6.54 Å². The number of carbonyl (C=O) groups is 1. The molecule has 0 unspecified atom stereocenters. The van der Waals surface area contributed by atoms with Crippen molar-refractivity contribution in [2.45, 2.75) is 12.7 Å². The van der Waals surface area contributed by atoms with Crippen molar-refractivity contribution < 1.29 is 27.6 Å². The van der Waals surface area contributed by atoms with E-state index in [0.29, 0.717) is 10.6 Å². The minimum absolute atomic E-state index is 0.00724. The Morgan fingerprint density at radius 2 is 1.88 bits per heavy atom. The van der Waals surface area contributed by atoms with Crippen molar-refractivity contribution in [1.29, 1.82) is 0 Å². The number of amides is 1. The Kier molecular flexibility index (Phi) is 5.81. The highest BCUT2D eigenvalue weighted by molar-refractivity contribution is 5.94. The number of rotatable bonds is 6. The highest BCUT2D eigenvalue weighted by atomic mass is 19.4. The Balaban J connectivity index is 2.37. The Hall–Kier alpha value is -3.10. The van der Waals surface area contributed by atoms with Crippen LogP contribution in [0, 0.1) is 10.1 Å². The first kappa shape index (κ1) is 19.2. The maximum atomic E-state index is 12.9. The van der Waals surface area contributed by atoms with Crippen LogP contribution in [0.2, 0.25) is 0 Å². The second kappa shape index (κ2) is 7.85. The second-order valence-electron chi connectivity index (χ2n) is 5.39. The fourth-order valence-corrected chi connectivity index (χ4v) is 2.38. The van der Waals surface area contributed by atoms with Gasteiger partial charge in [0.25, 0.3) is 11.6 Å². The molecular weight excluding hydrogens is 353 g/mol. The van der Waals surface area contributed by atoms with Crippen LogP contribution in [0.25, 0.3) is 0 Å². The molecule has 2 aromatic rings. The van der Waals surface area contributed by atoms with Gasteiger partial charge in [0, 0.05) is 17.2 Å². The number of nitro benzene ring substituents is 1. The van der Waals surface area contributed by atoms with Crippen LogP contribution in [0.1, 0.15) is 15.9 Å². The summed E-state index contributed by atoms with van der Waals surface area (Å²) in [4.78, 5) is 23.5. The molecule has 0 saturated heterocycles. The molecule has 0 aromatic heterocycles. The number of ether oxygens (including phenoxy) is 1. The van der Waals surface area contributed by atoms with Gasteiger partial charge in [-0.1, -0.05) is 24.3 Å². The van der Waals surface area contributed by atoms with Gasteiger partial charge in [-0.05, 0) is 18.2 Å². The molecule has 138 valence electrons. The number of hydrogen-bond donors (Lipinski definition) is 0. The fourth-order valence-electron chi connectivity index (χ4n) is 2.38. The largest absolute Gasteiger partial charge is 0.497 e. The monoisotopic (exact) mass is 368 g/mol. The van der Waals surface area contributed by atoms with Crippen molar-refractivity contribution >= 4 is 11.6 Å². The number of carbonyl (C=O) groups excluding carboxylic acids is 1. The van der Waals surface area contributed by atoms with Crippen molar-refractivity contribution in [2.24, 2.45) is 0 Å². The molecular formula is C17H15F3N2O4. The summed E-state index contributed by atoms with van der Waals surface area (Å²) in [6.45, 7) is -2.08. The van der Waals surface area contributed by atoms with Gasteiger partial charge in [0.2, 0.25) is 0 Å². The van der Waals surface area contributed by atoms with E-state index < -0.39 is 30.1 Å². The zero-order valence-electron chi connectivity index (χ0n) is 13.7. The maximum absolute atomic E-state index is 12.9. The first-order valence-electron chi connectivity index (χ1n) is 7.43. The molecule has 2 aromatic carbocycles. The van der Waals surface area contributed by atoms with Crippen LogP contribution in [0.4, 0.5) is 18.9 Å². The predicted molar refractivity (Wildman–Crippen MR) is 86.9 cm³/mol. The summed E-state index contributed by atoms with van der Waals surface area (Å²) in [7, 11) is 1.37. The molecule has 0 N–H and O–H groups in total. The number of halogens is 3. The number of nitro groups is 1. The SMILES string of the molecule is COc1cccc(C(=O)N(Cc2ccccc2[N+](=O)[O-])CC(F)(F)F)c1. The molecule has 0 heterocycles. The van der Waals surface area contributed by atoms with E-state index in [2.05, 4.69) is 0 Å². The smallest absolute Gasteiger partial charge is 0.406 e. The summed E-state index contributed by atoms with van der Waals surface area (Å²) in [6.07, 6.45) is -4.65. The number of alkyl halides is 3. The van der Waals surface area contributed by atoms with E-state index >= 15 is 0 Å². The first-order chi connectivity index (χ1) is 12.2. The molecule has 0 spiro atoms. The maximum Gasteiger partial charge on any atom is 0.406 e. The highest BCUT2D eigenvalue weighted by Crippen LogP contribution is 2.25. The van der Waals surface area contributed by atoms with Gasteiger partial charge in [0.05, 0.1) is 18.6 Å². The molecule has 0 fully saturated rings. The molecule has 1 amide bonds. The number of hydrogen-bond acceptors (Lipinski definition) is 4. The van der Waals surface area contributed by atoms with Crippen LogP contribution in [0.3, 0.4) is 0 Å². The van der Waals surface area contributed by atoms with Crippen molar-refractivity contribution in [3.8, 4) is 5.75 Å². The molecule has 0 radical (unpaired) electrons. The van der Waals surface area contributed by atoms with Crippen LogP contribution in [0.5, 0.6) is 5.75 Å². The van der Waals surface area contributed by atoms with Crippen LogP contribution >= 0.6 is 0 Å². The van der Waals surface area contributed by atoms with E-state index in [1.807, 2.05) is 0 Å². The Bertz CT molecular complexity index is 809. The Labute approximate surface area is 146 Å². The number of benzene rings is 2. The van der Waals surface area contributed by atoms with Crippen molar-refractivity contribution in [3.05, 3.63) is 69.8 Å². The lowest BCUT2D eigenvalue weighted by molar-refractivity contribution is -0.385. The normalized spacial score (nSPS) is 11.1. The summed E-state index contributed by atoms with van der Waals surface area (Å²) < 4.78 is 43.8. The Morgan fingerprint density at radius 3 is 2.50 bits per heavy atom. The van der Waals surface area contributed by atoms with Crippen molar-refractivity contribution in [3.63, 3.8) is 0 Å². The van der Waals surface area contributed by atoms with Gasteiger partial charge < -0.3 is 9.64 Å². The molecule has 0 aliphatic rings. The van der Waals surface area contributed by atoms with E-state index in [1.165, 1.54) is 49.6 Å². The van der Waals surface area contributed by atoms with Gasteiger partial charge in [-0.25, -0.2) is 0 Å². The van der Waals surface area contributed by atoms with E-state index in [9.17, 15) is 28.1 Å². The molecule has 0 aliphatic carbocycles. The number of nitrogens with zero attached hydrogens (tertiary/aromatic N) is 2. The third-order valence-electron chi connectivity index (χ3n) is 3.52. The zero-order chi connectivity index (χ0) is 19.3. The standard InChI is InChI=1S/C17H15F3N2O4/c1-26-14-7-4-6-12(9-14)16(23)21(11-17(18,19)20)10-13-5-2-3-8-15(13)22(24)25/h2-9H,10-11H2,1H3. The van der Waals surface area contributed by atoms with E-state index in [4.69, 9.17) is 4.74 Å². The summed E-state index contributed by atoms with van der Waals surface area (Å²) in [5.74, 6) is -0.590. The van der Waals surface area contributed by atoms with E-state index in [-0.39, 0.29) is 16.8 Å². The van der Waals surface area contributed by atoms with Crippen LogP contribution in [-0.4, -0.2) is 35.6 Å². The minimum Gasteiger partial charge on any atom is -0.497 e. The third kappa shape index (κ3) is 4.95. The predicted octanol–water partition coefficient (Wildman–Crippen LogP) is 3.81. The van der Waals surface area contributed by atoms with Gasteiger partial charge in [-0.3, -0.25) is 14.9 Å². The molecule has 0 aliphatic heterocycles. The second-order valence-corrected chi connectivity index (χ2v) is 5.39. The summed E-state index contributed by atoms with van der Waals surface area (Å²) >= 11 is 0. The topological polar surface area (TPSA) is 72.7 Å². The van der Waals surface area contributed by atoms with Crippen LogP contribution in [0.15, 0.2) is 48.5 Å². The highest BCUT2D eigenvalue weighted by Gasteiger charge is 2.34. The number of para-hydroxylation sites is 1. The molecule has 0 bridgehead atoms. The summed E-state index contributed by atoms with van der Waals surface area (Å²) in [5.41, 5.74) is -0.344. The molecule has 6 nitrogen and oxygen atoms in total. The van der Waals surface area contributed by atoms with E-state index in [1.54, 1.807) is 6.07 Å². The van der Waals surface area contributed by atoms with E-state index in [0.717, 1.165) is 0 Å². The lowest BCUT2D eigenvalue weighted by Gasteiger charge is -2.24. The van der Waals surface area contributed by atoms with Gasteiger partial charge in [-0.2, -0.15) is 13.2 Å². The quantitative estimate of drug-likeness (QED) is 0.574. The minimum atomic E-state index is -4.65. The molecule has 0 saturated carbocycles. The van der Waals surface area contributed by atoms with Gasteiger partial charge in [0.15, 0.2) is 0 Å².